The van der Waals surface area contributed by atoms with Crippen molar-refractivity contribution in [2.24, 2.45) is 0 Å². The third-order valence-corrected chi connectivity index (χ3v) is 5.42. The Morgan fingerprint density at radius 1 is 1.39 bits per heavy atom. The monoisotopic (exact) mass is 272 g/mol. The number of hydrogen-bond acceptors (Lipinski definition) is 4. The average molecular weight is 272 g/mol. The molecule has 18 heavy (non-hydrogen) atoms. The number of rotatable bonds is 4. The zero-order chi connectivity index (χ0) is 14.1. The molecule has 0 aliphatic carbocycles. The lowest BCUT2D eigenvalue weighted by molar-refractivity contribution is 0.138. The van der Waals surface area contributed by atoms with Crippen molar-refractivity contribution in [1.29, 1.82) is 0 Å². The minimum absolute atomic E-state index is 0.173. The fourth-order valence-electron chi connectivity index (χ4n) is 1.48. The van der Waals surface area contributed by atoms with Crippen molar-refractivity contribution >= 4 is 15.7 Å². The molecule has 0 amide bonds. The van der Waals surface area contributed by atoms with Crippen LogP contribution >= 0.6 is 0 Å². The summed E-state index contributed by atoms with van der Waals surface area (Å²) in [4.78, 5) is 0.173. The van der Waals surface area contributed by atoms with Gasteiger partial charge in [0.15, 0.2) is 0 Å². The summed E-state index contributed by atoms with van der Waals surface area (Å²) in [5, 5.41) is 9.27. The van der Waals surface area contributed by atoms with Crippen molar-refractivity contribution in [3.8, 4) is 0 Å². The fraction of sp³-hybridized carbons (Fsp3) is 0.500. The van der Waals surface area contributed by atoms with Gasteiger partial charge < -0.3 is 10.8 Å². The van der Waals surface area contributed by atoms with Crippen molar-refractivity contribution in [3.05, 3.63) is 23.8 Å². The first-order chi connectivity index (χ1) is 8.14. The highest BCUT2D eigenvalue weighted by Gasteiger charge is 2.34. The number of nitrogens with two attached hydrogens (primary N) is 1. The molecule has 0 radical (unpaired) electrons. The summed E-state index contributed by atoms with van der Waals surface area (Å²) in [6, 6.07) is 4.78. The number of benzene rings is 1. The summed E-state index contributed by atoms with van der Waals surface area (Å²) in [5.74, 6) is 0. The lowest BCUT2D eigenvalue weighted by Gasteiger charge is -2.33. The van der Waals surface area contributed by atoms with E-state index in [1.807, 2.05) is 0 Å². The molecule has 0 unspecified atom stereocenters. The van der Waals surface area contributed by atoms with E-state index < -0.39 is 15.6 Å². The van der Waals surface area contributed by atoms with Gasteiger partial charge >= 0.3 is 0 Å². The van der Waals surface area contributed by atoms with E-state index in [0.29, 0.717) is 11.3 Å². The third-order valence-electron chi connectivity index (χ3n) is 3.20. The zero-order valence-corrected chi connectivity index (χ0v) is 12.0. The van der Waals surface area contributed by atoms with Gasteiger partial charge in [0.2, 0.25) is 10.0 Å². The summed E-state index contributed by atoms with van der Waals surface area (Å²) < 4.78 is 26.1. The maximum absolute atomic E-state index is 12.5. The molecular formula is C12H20N2O3S. The van der Waals surface area contributed by atoms with E-state index in [1.165, 1.54) is 17.4 Å². The van der Waals surface area contributed by atoms with E-state index in [1.54, 1.807) is 32.9 Å². The minimum atomic E-state index is -3.67. The van der Waals surface area contributed by atoms with Gasteiger partial charge in [0.05, 0.1) is 17.0 Å². The predicted octanol–water partition coefficient (Wildman–Crippen LogP) is 0.969. The summed E-state index contributed by atoms with van der Waals surface area (Å²) in [7, 11) is -2.22. The molecule has 3 N–H and O–H groups in total. The second-order valence-electron chi connectivity index (χ2n) is 4.91. The molecule has 6 heteroatoms. The van der Waals surface area contributed by atoms with Crippen molar-refractivity contribution in [2.75, 3.05) is 19.4 Å². The zero-order valence-electron chi connectivity index (χ0n) is 11.1. The Kier molecular flexibility index (Phi) is 4.05. The second kappa shape index (κ2) is 4.87. The van der Waals surface area contributed by atoms with Gasteiger partial charge in [0.25, 0.3) is 0 Å². The summed E-state index contributed by atoms with van der Waals surface area (Å²) in [5.41, 5.74) is 5.82. The Labute approximate surface area is 108 Å². The summed E-state index contributed by atoms with van der Waals surface area (Å²) >= 11 is 0. The quantitative estimate of drug-likeness (QED) is 0.800. The van der Waals surface area contributed by atoms with Crippen molar-refractivity contribution in [1.82, 2.24) is 4.31 Å². The van der Waals surface area contributed by atoms with E-state index >= 15 is 0 Å². The SMILES string of the molecule is Cc1c(N)cccc1S(=O)(=O)N(C)C(C)(C)CO. The number of likely N-dealkylation sites (N-methyl/N-ethyl adjacent to an activating group) is 1. The van der Waals surface area contributed by atoms with Gasteiger partial charge in [-0.15, -0.1) is 0 Å². The van der Waals surface area contributed by atoms with Gasteiger partial charge in [-0.05, 0) is 38.5 Å². The van der Waals surface area contributed by atoms with Crippen LogP contribution in [0, 0.1) is 6.92 Å². The van der Waals surface area contributed by atoms with Crippen LogP contribution in [0.3, 0.4) is 0 Å². The Bertz CT molecular complexity index is 538. The maximum Gasteiger partial charge on any atom is 0.243 e. The number of hydrogen-bond donors (Lipinski definition) is 2. The smallest absolute Gasteiger partial charge is 0.243 e. The highest BCUT2D eigenvalue weighted by molar-refractivity contribution is 7.89. The van der Waals surface area contributed by atoms with Crippen LogP contribution in [0.5, 0.6) is 0 Å². The molecule has 0 aliphatic heterocycles. The Hall–Kier alpha value is -1.11. The van der Waals surface area contributed by atoms with Gasteiger partial charge in [-0.25, -0.2) is 8.42 Å². The van der Waals surface area contributed by atoms with Crippen molar-refractivity contribution in [2.45, 2.75) is 31.2 Å². The topological polar surface area (TPSA) is 83.6 Å². The van der Waals surface area contributed by atoms with E-state index in [-0.39, 0.29) is 11.5 Å². The molecular weight excluding hydrogens is 252 g/mol. The van der Waals surface area contributed by atoms with E-state index in [9.17, 15) is 13.5 Å². The first-order valence-corrected chi connectivity index (χ1v) is 7.03. The standard InChI is InChI=1S/C12H20N2O3S/c1-9-10(13)6-5-7-11(9)18(16,17)14(4)12(2,3)8-15/h5-7,15H,8,13H2,1-4H3. The summed E-state index contributed by atoms with van der Waals surface area (Å²) in [6.07, 6.45) is 0. The van der Waals surface area contributed by atoms with Crippen LogP contribution in [-0.2, 0) is 10.0 Å². The van der Waals surface area contributed by atoms with Crippen LogP contribution in [0.15, 0.2) is 23.1 Å². The van der Waals surface area contributed by atoms with Crippen LogP contribution in [-0.4, -0.2) is 37.0 Å². The molecule has 0 bridgehead atoms. The van der Waals surface area contributed by atoms with Gasteiger partial charge in [-0.3, -0.25) is 0 Å². The number of aliphatic hydroxyl groups is 1. The van der Waals surface area contributed by atoms with E-state index in [0.717, 1.165) is 0 Å². The molecule has 102 valence electrons. The minimum Gasteiger partial charge on any atom is -0.398 e. The summed E-state index contributed by atoms with van der Waals surface area (Å²) in [6.45, 7) is 4.73. The molecule has 0 heterocycles. The number of nitrogens with zero attached hydrogens (tertiary/aromatic N) is 1. The largest absolute Gasteiger partial charge is 0.398 e. The molecule has 0 saturated heterocycles. The number of nitrogen functional groups attached to an aromatic ring is 1. The fourth-order valence-corrected chi connectivity index (χ4v) is 3.24. The van der Waals surface area contributed by atoms with Crippen LogP contribution in [0.1, 0.15) is 19.4 Å². The Morgan fingerprint density at radius 2 is 1.94 bits per heavy atom. The molecule has 0 fully saturated rings. The first kappa shape index (κ1) is 14.9. The van der Waals surface area contributed by atoms with Crippen LogP contribution < -0.4 is 5.73 Å². The van der Waals surface area contributed by atoms with Gasteiger partial charge in [0, 0.05) is 12.7 Å². The number of anilines is 1. The first-order valence-electron chi connectivity index (χ1n) is 5.59. The van der Waals surface area contributed by atoms with Crippen LogP contribution in [0.2, 0.25) is 0 Å². The Balaban J connectivity index is 3.35. The van der Waals surface area contributed by atoms with Gasteiger partial charge in [0.1, 0.15) is 0 Å². The van der Waals surface area contributed by atoms with E-state index in [4.69, 9.17) is 5.73 Å². The normalized spacial score (nSPS) is 13.0. The average Bonchev–Trinajstić information content (AvgIpc) is 2.31. The molecule has 0 aromatic heterocycles. The molecule has 1 aromatic carbocycles. The third kappa shape index (κ3) is 2.50. The van der Waals surface area contributed by atoms with Gasteiger partial charge in [-0.1, -0.05) is 6.07 Å². The highest BCUT2D eigenvalue weighted by atomic mass is 32.2. The van der Waals surface area contributed by atoms with E-state index in [2.05, 4.69) is 0 Å². The van der Waals surface area contributed by atoms with Crippen LogP contribution in [0.25, 0.3) is 0 Å². The molecule has 0 spiro atoms. The maximum atomic E-state index is 12.5. The highest BCUT2D eigenvalue weighted by Crippen LogP contribution is 2.27. The molecule has 0 atom stereocenters. The number of aliphatic hydroxyl groups excluding tert-OH is 1. The van der Waals surface area contributed by atoms with Crippen molar-refractivity contribution < 1.29 is 13.5 Å². The predicted molar refractivity (Wildman–Crippen MR) is 71.7 cm³/mol. The van der Waals surface area contributed by atoms with Gasteiger partial charge in [-0.2, -0.15) is 4.31 Å². The molecule has 5 nitrogen and oxygen atoms in total. The van der Waals surface area contributed by atoms with Crippen molar-refractivity contribution in [3.63, 3.8) is 0 Å². The lowest BCUT2D eigenvalue weighted by Crippen LogP contribution is -2.47. The molecule has 1 aromatic rings. The Morgan fingerprint density at radius 3 is 2.44 bits per heavy atom. The molecule has 0 aliphatic rings. The molecule has 0 saturated carbocycles. The molecule has 1 rings (SSSR count). The lowest BCUT2D eigenvalue weighted by atomic mass is 10.1. The second-order valence-corrected chi connectivity index (χ2v) is 6.85. The van der Waals surface area contributed by atoms with Crippen LogP contribution in [0.4, 0.5) is 5.69 Å². The number of sulfonamides is 1.